The lowest BCUT2D eigenvalue weighted by molar-refractivity contribution is -0.919. The highest BCUT2D eigenvalue weighted by molar-refractivity contribution is 7.99. The first-order valence-electron chi connectivity index (χ1n) is 9.26. The van der Waals surface area contributed by atoms with Gasteiger partial charge in [0, 0.05) is 14.1 Å². The molecule has 6 nitrogen and oxygen atoms in total. The average Bonchev–Trinajstić information content (AvgIpc) is 3.03. The Bertz CT molecular complexity index is 710. The van der Waals surface area contributed by atoms with Gasteiger partial charge in [0.05, 0.1) is 25.4 Å². The van der Waals surface area contributed by atoms with Gasteiger partial charge < -0.3 is 9.80 Å². The minimum absolute atomic E-state index is 0.0902. The molecule has 2 heterocycles. The molecule has 0 radical (unpaired) electrons. The van der Waals surface area contributed by atoms with Crippen LogP contribution >= 0.6 is 11.8 Å². The van der Waals surface area contributed by atoms with Crippen LogP contribution < -0.4 is 4.90 Å². The first-order valence-corrected chi connectivity index (χ1v) is 10.2. The monoisotopic (exact) mass is 374 g/mol. The van der Waals surface area contributed by atoms with Gasteiger partial charge in [0.1, 0.15) is 6.54 Å². The lowest BCUT2D eigenvalue weighted by Gasteiger charge is -2.23. The van der Waals surface area contributed by atoms with E-state index in [4.69, 9.17) is 0 Å². The number of likely N-dealkylation sites (tertiary alicyclic amines) is 1. The van der Waals surface area contributed by atoms with Crippen LogP contribution in [0.5, 0.6) is 0 Å². The average molecular weight is 375 g/mol. The lowest BCUT2D eigenvalue weighted by atomic mass is 10.1. The van der Waals surface area contributed by atoms with Crippen molar-refractivity contribution in [2.45, 2.75) is 37.5 Å². The molecule has 26 heavy (non-hydrogen) atoms. The van der Waals surface area contributed by atoms with Crippen LogP contribution in [0.1, 0.15) is 30.7 Å². The number of amides is 1. The predicted molar refractivity (Wildman–Crippen MR) is 103 cm³/mol. The second-order valence-corrected chi connectivity index (χ2v) is 7.98. The van der Waals surface area contributed by atoms with Crippen molar-refractivity contribution in [3.05, 3.63) is 41.7 Å². The Balaban J connectivity index is 1.77. The quantitative estimate of drug-likeness (QED) is 0.737. The Morgan fingerprint density at radius 2 is 1.88 bits per heavy atom. The van der Waals surface area contributed by atoms with E-state index >= 15 is 0 Å². The third-order valence-electron chi connectivity index (χ3n) is 4.77. The van der Waals surface area contributed by atoms with Crippen molar-refractivity contribution in [1.82, 2.24) is 19.7 Å². The van der Waals surface area contributed by atoms with Crippen LogP contribution in [-0.2, 0) is 17.9 Å². The molecule has 1 amide bonds. The molecule has 1 aliphatic heterocycles. The lowest BCUT2D eigenvalue weighted by Crippen LogP contribution is -3.11. The van der Waals surface area contributed by atoms with Gasteiger partial charge in [-0.2, -0.15) is 0 Å². The predicted octanol–water partition coefficient (Wildman–Crippen LogP) is 1.08. The Morgan fingerprint density at radius 1 is 1.15 bits per heavy atom. The summed E-state index contributed by atoms with van der Waals surface area (Å²) in [7, 11) is 3.56. The van der Waals surface area contributed by atoms with Crippen LogP contribution in [-0.4, -0.2) is 58.5 Å². The van der Waals surface area contributed by atoms with Crippen LogP contribution in [0.2, 0.25) is 0 Å². The first kappa shape index (κ1) is 18.9. The zero-order chi connectivity index (χ0) is 18.4. The van der Waals surface area contributed by atoms with Crippen molar-refractivity contribution >= 4 is 17.7 Å². The van der Waals surface area contributed by atoms with Gasteiger partial charge in [-0.25, -0.2) is 0 Å². The summed E-state index contributed by atoms with van der Waals surface area (Å²) in [5, 5.41) is 9.71. The highest BCUT2D eigenvalue weighted by Crippen LogP contribution is 2.19. The summed E-state index contributed by atoms with van der Waals surface area (Å²) in [5.41, 5.74) is 1.22. The molecular formula is C19H28N5OS+. The van der Waals surface area contributed by atoms with Gasteiger partial charge in [0.25, 0.3) is 0 Å². The Labute approximate surface area is 159 Å². The number of piperidine rings is 1. The third-order valence-corrected chi connectivity index (χ3v) is 5.72. The van der Waals surface area contributed by atoms with Gasteiger partial charge >= 0.3 is 0 Å². The van der Waals surface area contributed by atoms with Gasteiger partial charge in [0.15, 0.2) is 11.0 Å². The number of rotatable bonds is 7. The second kappa shape index (κ2) is 9.19. The number of carbonyl (C=O) groups excluding carboxylic acids is 1. The molecule has 0 atom stereocenters. The molecule has 2 aromatic rings. The van der Waals surface area contributed by atoms with Crippen molar-refractivity contribution in [3.8, 4) is 0 Å². The molecule has 1 saturated heterocycles. The third kappa shape index (κ3) is 5.08. The first-order chi connectivity index (χ1) is 12.6. The fourth-order valence-corrected chi connectivity index (χ4v) is 4.12. The maximum Gasteiger partial charge on any atom is 0.232 e. The number of quaternary nitrogens is 1. The van der Waals surface area contributed by atoms with Crippen molar-refractivity contribution in [2.24, 2.45) is 0 Å². The summed E-state index contributed by atoms with van der Waals surface area (Å²) < 4.78 is 2.19. The van der Waals surface area contributed by atoms with E-state index in [2.05, 4.69) is 39.0 Å². The van der Waals surface area contributed by atoms with E-state index in [1.807, 2.05) is 6.07 Å². The second-order valence-electron chi connectivity index (χ2n) is 7.03. The zero-order valence-electron chi connectivity index (χ0n) is 15.6. The summed E-state index contributed by atoms with van der Waals surface area (Å²) in [4.78, 5) is 15.2. The molecule has 0 aliphatic carbocycles. The van der Waals surface area contributed by atoms with Crippen LogP contribution in [0, 0.1) is 0 Å². The molecule has 1 aromatic heterocycles. The molecule has 3 rings (SSSR count). The van der Waals surface area contributed by atoms with Crippen molar-refractivity contribution in [2.75, 3.05) is 32.9 Å². The summed E-state index contributed by atoms with van der Waals surface area (Å²) in [6.07, 6.45) is 3.93. The molecule has 7 heteroatoms. The minimum atomic E-state index is 0.0902. The van der Waals surface area contributed by atoms with Crippen LogP contribution in [0.25, 0.3) is 0 Å². The molecule has 1 aromatic carbocycles. The minimum Gasteiger partial charge on any atom is -0.348 e. The van der Waals surface area contributed by atoms with E-state index in [9.17, 15) is 4.79 Å². The number of aromatic nitrogens is 3. The molecular weight excluding hydrogens is 346 g/mol. The number of hydrogen-bond acceptors (Lipinski definition) is 4. The fraction of sp³-hybridized carbons (Fsp3) is 0.526. The van der Waals surface area contributed by atoms with Gasteiger partial charge in [-0.3, -0.25) is 9.36 Å². The number of benzene rings is 1. The number of nitrogens with one attached hydrogen (secondary N) is 1. The number of thioether (sulfide) groups is 1. The summed E-state index contributed by atoms with van der Waals surface area (Å²) in [6.45, 7) is 4.07. The molecule has 0 unspecified atom stereocenters. The molecule has 1 N–H and O–H groups in total. The standard InChI is InChI=1S/C19H27N5OS/c1-22(2)18(25)15-26-19-21-20-17(14-23-11-7-4-8-12-23)24(19)13-16-9-5-3-6-10-16/h3,5-6,9-10H,4,7-8,11-15H2,1-2H3/p+1. The van der Waals surface area contributed by atoms with E-state index in [1.165, 1.54) is 49.7 Å². The van der Waals surface area contributed by atoms with Crippen LogP contribution in [0.4, 0.5) is 0 Å². The van der Waals surface area contributed by atoms with Crippen molar-refractivity contribution in [1.29, 1.82) is 0 Å². The molecule has 0 saturated carbocycles. The molecule has 1 fully saturated rings. The highest BCUT2D eigenvalue weighted by Gasteiger charge is 2.21. The van der Waals surface area contributed by atoms with Crippen LogP contribution in [0.3, 0.4) is 0 Å². The Morgan fingerprint density at radius 3 is 2.58 bits per heavy atom. The highest BCUT2D eigenvalue weighted by atomic mass is 32.2. The van der Waals surface area contributed by atoms with E-state index in [0.717, 1.165) is 24.1 Å². The van der Waals surface area contributed by atoms with Gasteiger partial charge in [0.2, 0.25) is 5.91 Å². The fourth-order valence-electron chi connectivity index (χ4n) is 3.19. The van der Waals surface area contributed by atoms with Crippen molar-refractivity contribution in [3.63, 3.8) is 0 Å². The molecule has 0 bridgehead atoms. The molecule has 1 aliphatic rings. The van der Waals surface area contributed by atoms with E-state index in [1.54, 1.807) is 23.9 Å². The number of carbonyl (C=O) groups is 1. The Hall–Kier alpha value is -1.86. The van der Waals surface area contributed by atoms with Crippen molar-refractivity contribution < 1.29 is 9.69 Å². The SMILES string of the molecule is CN(C)C(=O)CSc1nnc(C[NH+]2CCCCC2)n1Cc1ccccc1. The maximum atomic E-state index is 12.0. The van der Waals surface area contributed by atoms with E-state index in [0.29, 0.717) is 5.75 Å². The van der Waals surface area contributed by atoms with Gasteiger partial charge in [-0.1, -0.05) is 42.1 Å². The van der Waals surface area contributed by atoms with E-state index in [-0.39, 0.29) is 5.91 Å². The number of hydrogen-bond donors (Lipinski definition) is 1. The summed E-state index contributed by atoms with van der Waals surface area (Å²) >= 11 is 1.47. The maximum absolute atomic E-state index is 12.0. The largest absolute Gasteiger partial charge is 0.348 e. The van der Waals surface area contributed by atoms with Gasteiger partial charge in [-0.05, 0) is 24.8 Å². The normalized spacial score (nSPS) is 15.2. The summed E-state index contributed by atoms with van der Waals surface area (Å²) in [6, 6.07) is 10.4. The topological polar surface area (TPSA) is 55.5 Å². The smallest absolute Gasteiger partial charge is 0.232 e. The summed E-state index contributed by atoms with van der Waals surface area (Å²) in [5.74, 6) is 1.49. The molecule has 0 spiro atoms. The van der Waals surface area contributed by atoms with Crippen LogP contribution in [0.15, 0.2) is 35.5 Å². The zero-order valence-corrected chi connectivity index (χ0v) is 16.5. The molecule has 140 valence electrons. The van der Waals surface area contributed by atoms with E-state index < -0.39 is 0 Å². The number of nitrogens with zero attached hydrogens (tertiary/aromatic N) is 4. The Kier molecular flexibility index (Phi) is 6.68. The van der Waals surface area contributed by atoms with Gasteiger partial charge in [-0.15, -0.1) is 10.2 Å².